The third-order valence-corrected chi connectivity index (χ3v) is 3.56. The molecule has 2 aromatic carbocycles. The summed E-state index contributed by atoms with van der Waals surface area (Å²) in [6.07, 6.45) is 2.79. The first kappa shape index (κ1) is 20.2. The van der Waals surface area contributed by atoms with E-state index in [-0.39, 0.29) is 6.61 Å². The van der Waals surface area contributed by atoms with Crippen LogP contribution in [0.2, 0.25) is 5.02 Å². The highest BCUT2D eigenvalue weighted by Gasteiger charge is 2.08. The molecule has 7 heteroatoms. The number of carbonyl (C=O) groups is 3. The summed E-state index contributed by atoms with van der Waals surface area (Å²) in [6.45, 7) is 1.58. The molecule has 0 heterocycles. The highest BCUT2D eigenvalue weighted by Crippen LogP contribution is 2.11. The largest absolute Gasteiger partial charge is 0.462 e. The van der Waals surface area contributed by atoms with E-state index in [0.29, 0.717) is 16.3 Å². The van der Waals surface area contributed by atoms with Crippen molar-refractivity contribution in [3.05, 3.63) is 70.8 Å². The molecule has 0 unspecified atom stereocenters. The van der Waals surface area contributed by atoms with Gasteiger partial charge in [0.25, 0.3) is 5.91 Å². The second-order valence-corrected chi connectivity index (χ2v) is 5.78. The van der Waals surface area contributed by atoms with Crippen LogP contribution in [0.1, 0.15) is 22.8 Å². The predicted molar refractivity (Wildman–Crippen MR) is 102 cm³/mol. The molecule has 0 atom stereocenters. The van der Waals surface area contributed by atoms with Crippen LogP contribution in [0.15, 0.2) is 54.6 Å². The first-order valence-electron chi connectivity index (χ1n) is 8.15. The number of ether oxygens (including phenoxy) is 2. The number of benzene rings is 2. The van der Waals surface area contributed by atoms with Gasteiger partial charge in [0.15, 0.2) is 6.61 Å². The normalized spacial score (nSPS) is 10.4. The van der Waals surface area contributed by atoms with Crippen LogP contribution in [0, 0.1) is 0 Å². The summed E-state index contributed by atoms with van der Waals surface area (Å²) in [5.74, 6) is -1.57. The summed E-state index contributed by atoms with van der Waals surface area (Å²) in [4.78, 5) is 35.0. The Hall–Kier alpha value is -3.12. The lowest BCUT2D eigenvalue weighted by atomic mass is 10.2. The molecule has 0 radical (unpaired) electrons. The molecular weight excluding hydrogens is 370 g/mol. The molecular formula is C20H18ClNO5. The fraction of sp³-hybridized carbons (Fsp3) is 0.150. The van der Waals surface area contributed by atoms with Gasteiger partial charge in [-0.05, 0) is 55.0 Å². The zero-order valence-electron chi connectivity index (χ0n) is 14.6. The van der Waals surface area contributed by atoms with Gasteiger partial charge >= 0.3 is 11.9 Å². The number of hydrogen-bond acceptors (Lipinski definition) is 5. The number of carbonyl (C=O) groups excluding carboxylic acids is 3. The Morgan fingerprint density at radius 1 is 1.00 bits per heavy atom. The molecule has 0 saturated heterocycles. The van der Waals surface area contributed by atoms with E-state index in [9.17, 15) is 14.4 Å². The number of nitrogens with one attached hydrogen (secondary N) is 1. The van der Waals surface area contributed by atoms with E-state index in [4.69, 9.17) is 21.1 Å². The summed E-state index contributed by atoms with van der Waals surface area (Å²) in [6, 6.07) is 13.1. The first-order valence-corrected chi connectivity index (χ1v) is 8.53. The standard InChI is InChI=1S/C20H18ClNO5/c1-2-26-20(25)15-6-10-17(11-7-15)22-18(23)13-27-19(24)12-5-14-3-8-16(21)9-4-14/h3-12H,2,13H2,1H3,(H,22,23)/b12-5+. The zero-order valence-corrected chi connectivity index (χ0v) is 15.4. The van der Waals surface area contributed by atoms with Crippen molar-refractivity contribution in [1.82, 2.24) is 0 Å². The SMILES string of the molecule is CCOC(=O)c1ccc(NC(=O)COC(=O)/C=C/c2ccc(Cl)cc2)cc1. The van der Waals surface area contributed by atoms with E-state index in [2.05, 4.69) is 5.32 Å². The second-order valence-electron chi connectivity index (χ2n) is 5.34. The summed E-state index contributed by atoms with van der Waals surface area (Å²) in [5, 5.41) is 3.17. The number of halogens is 1. The number of esters is 2. The van der Waals surface area contributed by atoms with E-state index in [0.717, 1.165) is 5.56 Å². The van der Waals surface area contributed by atoms with Crippen LogP contribution in [0.25, 0.3) is 6.08 Å². The molecule has 0 fully saturated rings. The van der Waals surface area contributed by atoms with E-state index >= 15 is 0 Å². The topological polar surface area (TPSA) is 81.7 Å². The summed E-state index contributed by atoms with van der Waals surface area (Å²) < 4.78 is 9.76. The van der Waals surface area contributed by atoms with Crippen LogP contribution in [0.3, 0.4) is 0 Å². The van der Waals surface area contributed by atoms with Gasteiger partial charge in [-0.25, -0.2) is 9.59 Å². The first-order chi connectivity index (χ1) is 13.0. The Kier molecular flexibility index (Phi) is 7.58. The monoisotopic (exact) mass is 387 g/mol. The molecule has 6 nitrogen and oxygen atoms in total. The minimum Gasteiger partial charge on any atom is -0.462 e. The molecule has 0 aliphatic carbocycles. The Labute approximate surface area is 161 Å². The lowest BCUT2D eigenvalue weighted by Gasteiger charge is -2.06. The van der Waals surface area contributed by atoms with Gasteiger partial charge in [-0.1, -0.05) is 23.7 Å². The van der Waals surface area contributed by atoms with E-state index in [1.54, 1.807) is 49.4 Å². The van der Waals surface area contributed by atoms with Crippen molar-refractivity contribution in [3.8, 4) is 0 Å². The predicted octanol–water partition coefficient (Wildman–Crippen LogP) is 3.71. The lowest BCUT2D eigenvalue weighted by molar-refractivity contribution is -0.142. The molecule has 2 rings (SSSR count). The quantitative estimate of drug-likeness (QED) is 0.578. The van der Waals surface area contributed by atoms with Crippen LogP contribution in [0.4, 0.5) is 5.69 Å². The summed E-state index contributed by atoms with van der Waals surface area (Å²) in [5.41, 5.74) is 1.64. The van der Waals surface area contributed by atoms with Crippen LogP contribution in [-0.4, -0.2) is 31.1 Å². The maximum absolute atomic E-state index is 11.8. The maximum atomic E-state index is 11.8. The van der Waals surface area contributed by atoms with Gasteiger partial charge in [0.05, 0.1) is 12.2 Å². The molecule has 140 valence electrons. The van der Waals surface area contributed by atoms with Crippen molar-refractivity contribution in [2.24, 2.45) is 0 Å². The van der Waals surface area contributed by atoms with Crippen LogP contribution < -0.4 is 5.32 Å². The molecule has 1 amide bonds. The van der Waals surface area contributed by atoms with Crippen molar-refractivity contribution in [3.63, 3.8) is 0 Å². The smallest absolute Gasteiger partial charge is 0.338 e. The van der Waals surface area contributed by atoms with Crippen LogP contribution in [-0.2, 0) is 19.1 Å². The van der Waals surface area contributed by atoms with Crippen LogP contribution >= 0.6 is 11.6 Å². The number of anilines is 1. The van der Waals surface area contributed by atoms with E-state index in [1.807, 2.05) is 0 Å². The molecule has 2 aromatic rings. The average molecular weight is 388 g/mol. The van der Waals surface area contributed by atoms with Gasteiger partial charge < -0.3 is 14.8 Å². The third kappa shape index (κ3) is 6.95. The molecule has 0 saturated carbocycles. The Morgan fingerprint density at radius 2 is 1.67 bits per heavy atom. The minimum atomic E-state index is -0.641. The van der Waals surface area contributed by atoms with Gasteiger partial charge in [0, 0.05) is 16.8 Å². The van der Waals surface area contributed by atoms with Crippen molar-refractivity contribution in [2.45, 2.75) is 6.92 Å². The van der Waals surface area contributed by atoms with Crippen LogP contribution in [0.5, 0.6) is 0 Å². The maximum Gasteiger partial charge on any atom is 0.338 e. The fourth-order valence-corrected chi connectivity index (χ4v) is 2.15. The molecule has 0 aliphatic heterocycles. The molecule has 27 heavy (non-hydrogen) atoms. The Balaban J connectivity index is 1.79. The number of hydrogen-bond donors (Lipinski definition) is 1. The molecule has 0 spiro atoms. The molecule has 1 N–H and O–H groups in total. The third-order valence-electron chi connectivity index (χ3n) is 3.31. The average Bonchev–Trinajstić information content (AvgIpc) is 2.66. The van der Waals surface area contributed by atoms with Gasteiger partial charge in [-0.2, -0.15) is 0 Å². The van der Waals surface area contributed by atoms with Crippen molar-refractivity contribution in [1.29, 1.82) is 0 Å². The van der Waals surface area contributed by atoms with E-state index in [1.165, 1.54) is 18.2 Å². The molecule has 0 bridgehead atoms. The van der Waals surface area contributed by atoms with E-state index < -0.39 is 24.5 Å². The highest BCUT2D eigenvalue weighted by atomic mass is 35.5. The Morgan fingerprint density at radius 3 is 2.30 bits per heavy atom. The van der Waals surface area contributed by atoms with Crippen molar-refractivity contribution < 1.29 is 23.9 Å². The van der Waals surface area contributed by atoms with Gasteiger partial charge in [0.1, 0.15) is 0 Å². The highest BCUT2D eigenvalue weighted by molar-refractivity contribution is 6.30. The Bertz CT molecular complexity index is 828. The van der Waals surface area contributed by atoms with Crippen molar-refractivity contribution >= 4 is 41.2 Å². The number of amides is 1. The molecule has 0 aromatic heterocycles. The minimum absolute atomic E-state index is 0.287. The zero-order chi connectivity index (χ0) is 19.6. The van der Waals surface area contributed by atoms with Gasteiger partial charge in [0.2, 0.25) is 0 Å². The number of rotatable bonds is 7. The second kappa shape index (κ2) is 10.1. The summed E-state index contributed by atoms with van der Waals surface area (Å²) >= 11 is 5.78. The van der Waals surface area contributed by atoms with Gasteiger partial charge in [-0.15, -0.1) is 0 Å². The summed E-state index contributed by atoms with van der Waals surface area (Å²) in [7, 11) is 0. The van der Waals surface area contributed by atoms with Crippen molar-refractivity contribution in [2.75, 3.05) is 18.5 Å². The lowest BCUT2D eigenvalue weighted by Crippen LogP contribution is -2.20. The molecule has 0 aliphatic rings. The van der Waals surface area contributed by atoms with Gasteiger partial charge in [-0.3, -0.25) is 4.79 Å². The fourth-order valence-electron chi connectivity index (χ4n) is 2.02.